The highest BCUT2D eigenvalue weighted by Crippen LogP contribution is 2.12. The normalized spacial score (nSPS) is 20.4. The van der Waals surface area contributed by atoms with Crippen molar-refractivity contribution < 1.29 is 4.92 Å². The van der Waals surface area contributed by atoms with E-state index in [2.05, 4.69) is 10.3 Å². The number of nitro groups is 1. The third kappa shape index (κ3) is 2.64. The number of nitrogens with zero attached hydrogens (tertiary/aromatic N) is 2. The number of aliphatic imine (C=N–C) groups is 1. The van der Waals surface area contributed by atoms with Gasteiger partial charge in [-0.2, -0.15) is 0 Å². The quantitative estimate of drug-likeness (QED) is 0.474. The van der Waals surface area contributed by atoms with Crippen molar-refractivity contribution in [1.82, 2.24) is 5.32 Å². The predicted octanol–water partition coefficient (Wildman–Crippen LogP) is 1.38. The molecule has 5 nitrogen and oxygen atoms in total. The number of nitrogens with one attached hydrogen (secondary N) is 1. The summed E-state index contributed by atoms with van der Waals surface area (Å²) in [6.07, 6.45) is 2.75. The molecule has 0 spiro atoms. The number of nitro benzene ring substituents is 1. The molecule has 84 valence electrons. The Labute approximate surface area is 93.3 Å². The topological polar surface area (TPSA) is 67.5 Å². The number of hydrogen-bond donors (Lipinski definition) is 1. The third-order valence-corrected chi connectivity index (χ3v) is 2.55. The van der Waals surface area contributed by atoms with Crippen LogP contribution in [0.5, 0.6) is 0 Å². The lowest BCUT2D eigenvalue weighted by Crippen LogP contribution is -2.11. The molecule has 0 bridgehead atoms. The average Bonchev–Trinajstić information content (AvgIpc) is 2.79. The van der Waals surface area contributed by atoms with E-state index in [1.165, 1.54) is 12.1 Å². The minimum Gasteiger partial charge on any atom is -0.315 e. The van der Waals surface area contributed by atoms with Crippen molar-refractivity contribution in [3.63, 3.8) is 0 Å². The molecule has 1 unspecified atom stereocenters. The van der Waals surface area contributed by atoms with Gasteiger partial charge in [-0.15, -0.1) is 0 Å². The van der Waals surface area contributed by atoms with Crippen LogP contribution in [0.1, 0.15) is 12.0 Å². The van der Waals surface area contributed by atoms with Gasteiger partial charge in [-0.3, -0.25) is 15.1 Å². The molecule has 16 heavy (non-hydrogen) atoms. The summed E-state index contributed by atoms with van der Waals surface area (Å²) in [5.74, 6) is 0. The van der Waals surface area contributed by atoms with Crippen LogP contribution in [0.25, 0.3) is 0 Å². The molecule has 1 saturated heterocycles. The van der Waals surface area contributed by atoms with Crippen molar-refractivity contribution in [2.24, 2.45) is 4.99 Å². The molecule has 1 N–H and O–H groups in total. The van der Waals surface area contributed by atoms with Crippen molar-refractivity contribution in [3.8, 4) is 0 Å². The molecule has 1 fully saturated rings. The number of hydrogen-bond acceptors (Lipinski definition) is 4. The van der Waals surface area contributed by atoms with Gasteiger partial charge in [0.2, 0.25) is 0 Å². The maximum atomic E-state index is 10.6. The van der Waals surface area contributed by atoms with Crippen molar-refractivity contribution in [2.45, 2.75) is 12.5 Å². The van der Waals surface area contributed by atoms with E-state index < -0.39 is 4.92 Å². The molecule has 0 saturated carbocycles. The second-order valence-corrected chi connectivity index (χ2v) is 3.78. The Kier molecular flexibility index (Phi) is 3.26. The smallest absolute Gasteiger partial charge is 0.270 e. The molecule has 1 heterocycles. The molecular weight excluding hydrogens is 206 g/mol. The summed E-state index contributed by atoms with van der Waals surface area (Å²) < 4.78 is 0. The molecular formula is C11H13N3O2. The fraction of sp³-hybridized carbons (Fsp3) is 0.364. The van der Waals surface area contributed by atoms with Crippen LogP contribution in [0, 0.1) is 10.1 Å². The van der Waals surface area contributed by atoms with Gasteiger partial charge in [0, 0.05) is 24.9 Å². The van der Waals surface area contributed by atoms with E-state index in [1.54, 1.807) is 12.3 Å². The summed E-state index contributed by atoms with van der Waals surface area (Å²) in [6.45, 7) is 1.89. The lowest BCUT2D eigenvalue weighted by atomic mass is 10.2. The van der Waals surface area contributed by atoms with Crippen LogP contribution in [0.4, 0.5) is 5.69 Å². The van der Waals surface area contributed by atoms with Crippen LogP contribution in [-0.4, -0.2) is 30.3 Å². The molecule has 1 aromatic rings. The zero-order chi connectivity index (χ0) is 11.4. The summed E-state index contributed by atoms with van der Waals surface area (Å²) in [4.78, 5) is 14.6. The zero-order valence-corrected chi connectivity index (χ0v) is 8.80. The Morgan fingerprint density at radius 2 is 2.44 bits per heavy atom. The van der Waals surface area contributed by atoms with E-state index in [0.29, 0.717) is 6.04 Å². The summed E-state index contributed by atoms with van der Waals surface area (Å²) in [6, 6.07) is 6.81. The second-order valence-electron chi connectivity index (χ2n) is 3.78. The van der Waals surface area contributed by atoms with E-state index in [9.17, 15) is 10.1 Å². The van der Waals surface area contributed by atoms with Gasteiger partial charge in [0.1, 0.15) is 0 Å². The molecule has 1 aliphatic heterocycles. The van der Waals surface area contributed by atoms with Gasteiger partial charge in [0.15, 0.2) is 0 Å². The van der Waals surface area contributed by atoms with Gasteiger partial charge in [-0.25, -0.2) is 0 Å². The fourth-order valence-corrected chi connectivity index (χ4v) is 1.68. The molecule has 2 rings (SSSR count). The van der Waals surface area contributed by atoms with Crippen molar-refractivity contribution in [1.29, 1.82) is 0 Å². The van der Waals surface area contributed by atoms with Gasteiger partial charge in [-0.05, 0) is 18.5 Å². The lowest BCUT2D eigenvalue weighted by Gasteiger charge is -1.99. The molecule has 1 aliphatic rings. The maximum absolute atomic E-state index is 10.6. The van der Waals surface area contributed by atoms with Gasteiger partial charge < -0.3 is 5.32 Å². The van der Waals surface area contributed by atoms with Crippen LogP contribution in [0.15, 0.2) is 29.3 Å². The Morgan fingerprint density at radius 3 is 3.12 bits per heavy atom. The SMILES string of the molecule is O=[N+]([O-])c1cccc(C=NC2CCNC2)c1. The highest BCUT2D eigenvalue weighted by Gasteiger charge is 2.11. The third-order valence-electron chi connectivity index (χ3n) is 2.55. The van der Waals surface area contributed by atoms with Gasteiger partial charge >= 0.3 is 0 Å². The summed E-state index contributed by atoms with van der Waals surface area (Å²) >= 11 is 0. The summed E-state index contributed by atoms with van der Waals surface area (Å²) in [5, 5.41) is 13.8. The molecule has 5 heteroatoms. The first-order valence-electron chi connectivity index (χ1n) is 5.24. The van der Waals surface area contributed by atoms with Gasteiger partial charge in [0.05, 0.1) is 11.0 Å². The molecule has 1 aromatic carbocycles. The van der Waals surface area contributed by atoms with Crippen LogP contribution in [-0.2, 0) is 0 Å². The van der Waals surface area contributed by atoms with E-state index in [0.717, 1.165) is 25.1 Å². The predicted molar refractivity (Wildman–Crippen MR) is 62.0 cm³/mol. The Bertz CT molecular complexity index is 411. The number of rotatable bonds is 3. The van der Waals surface area contributed by atoms with E-state index >= 15 is 0 Å². The Balaban J connectivity index is 2.08. The van der Waals surface area contributed by atoms with Crippen molar-refractivity contribution >= 4 is 11.9 Å². The minimum absolute atomic E-state index is 0.105. The standard InChI is InChI=1S/C11H13N3O2/c15-14(16)11-3-1-2-9(6-11)7-13-10-4-5-12-8-10/h1-3,6-7,10,12H,4-5,8H2. The van der Waals surface area contributed by atoms with Crippen LogP contribution >= 0.6 is 0 Å². The molecule has 0 amide bonds. The van der Waals surface area contributed by atoms with Crippen LogP contribution in [0.2, 0.25) is 0 Å². The van der Waals surface area contributed by atoms with Gasteiger partial charge in [0.25, 0.3) is 5.69 Å². The minimum atomic E-state index is -0.394. The number of benzene rings is 1. The summed E-state index contributed by atoms with van der Waals surface area (Å²) in [5.41, 5.74) is 0.884. The summed E-state index contributed by atoms with van der Waals surface area (Å²) in [7, 11) is 0. The Morgan fingerprint density at radius 1 is 1.56 bits per heavy atom. The van der Waals surface area contributed by atoms with Crippen LogP contribution in [0.3, 0.4) is 0 Å². The van der Waals surface area contributed by atoms with Crippen LogP contribution < -0.4 is 5.32 Å². The highest BCUT2D eigenvalue weighted by molar-refractivity contribution is 5.80. The molecule has 0 aliphatic carbocycles. The largest absolute Gasteiger partial charge is 0.315 e. The first-order valence-corrected chi connectivity index (χ1v) is 5.24. The van der Waals surface area contributed by atoms with Gasteiger partial charge in [-0.1, -0.05) is 12.1 Å². The van der Waals surface area contributed by atoms with E-state index in [-0.39, 0.29) is 5.69 Å². The Hall–Kier alpha value is -1.75. The fourth-order valence-electron chi connectivity index (χ4n) is 1.68. The van der Waals surface area contributed by atoms with Crippen molar-refractivity contribution in [3.05, 3.63) is 39.9 Å². The maximum Gasteiger partial charge on any atom is 0.270 e. The lowest BCUT2D eigenvalue weighted by molar-refractivity contribution is -0.384. The first-order chi connectivity index (χ1) is 7.75. The number of non-ortho nitro benzene ring substituents is 1. The highest BCUT2D eigenvalue weighted by atomic mass is 16.6. The van der Waals surface area contributed by atoms with E-state index in [1.807, 2.05) is 6.07 Å². The monoisotopic (exact) mass is 219 g/mol. The zero-order valence-electron chi connectivity index (χ0n) is 8.80. The molecule has 1 atom stereocenters. The molecule has 0 radical (unpaired) electrons. The second kappa shape index (κ2) is 4.85. The van der Waals surface area contributed by atoms with E-state index in [4.69, 9.17) is 0 Å². The first kappa shape index (κ1) is 10.8. The van der Waals surface area contributed by atoms with Crippen molar-refractivity contribution in [2.75, 3.05) is 13.1 Å². The average molecular weight is 219 g/mol. The molecule has 0 aromatic heterocycles.